The molecule has 1 rings (SSSR count). The summed E-state index contributed by atoms with van der Waals surface area (Å²) in [6.45, 7) is 0. The van der Waals surface area contributed by atoms with Crippen LogP contribution in [0.15, 0.2) is 18.3 Å². The van der Waals surface area contributed by atoms with Crippen LogP contribution in [0.4, 0.5) is 26.3 Å². The van der Waals surface area contributed by atoms with E-state index in [-0.39, 0.29) is 5.88 Å². The summed E-state index contributed by atoms with van der Waals surface area (Å²) in [6, 6.07) is 1.27. The van der Waals surface area contributed by atoms with E-state index in [2.05, 4.69) is 13.9 Å². The van der Waals surface area contributed by atoms with Crippen molar-refractivity contribution in [1.82, 2.24) is 4.98 Å². The van der Waals surface area contributed by atoms with Gasteiger partial charge in [-0.05, 0) is 11.6 Å². The van der Waals surface area contributed by atoms with Crippen LogP contribution in [0.25, 0.3) is 0 Å². The minimum Gasteiger partial charge on any atom is -0.481 e. The first-order chi connectivity index (χ1) is 9.38. The Bertz CT molecular complexity index is 597. The summed E-state index contributed by atoms with van der Waals surface area (Å²) in [7, 11) is -5.37. The molecule has 0 radical (unpaired) electrons. The molecule has 0 aliphatic carbocycles. The number of ether oxygens (including phenoxy) is 1. The van der Waals surface area contributed by atoms with Gasteiger partial charge in [0.15, 0.2) is 6.10 Å². The van der Waals surface area contributed by atoms with Crippen LogP contribution in [-0.2, 0) is 14.3 Å². The second-order valence-corrected chi connectivity index (χ2v) is 5.11. The molecule has 1 aromatic heterocycles. The zero-order valence-corrected chi connectivity index (χ0v) is 10.9. The molecule has 1 aromatic rings. The molecule has 21 heavy (non-hydrogen) atoms. The Morgan fingerprint density at radius 1 is 1.19 bits per heavy atom. The van der Waals surface area contributed by atoms with E-state index < -0.39 is 33.5 Å². The maximum atomic E-state index is 12.7. The maximum Gasteiger partial charge on any atom is 0.523 e. The van der Waals surface area contributed by atoms with Crippen molar-refractivity contribution in [2.24, 2.45) is 0 Å². The maximum absolute atomic E-state index is 12.7. The van der Waals surface area contributed by atoms with Gasteiger partial charge in [0.05, 0.1) is 7.11 Å². The molecule has 0 bridgehead atoms. The molecule has 0 saturated carbocycles. The normalized spacial score (nSPS) is 14.8. The number of aromatic nitrogens is 1. The molecule has 0 aliphatic rings. The second kappa shape index (κ2) is 5.67. The highest BCUT2D eigenvalue weighted by atomic mass is 32.2. The van der Waals surface area contributed by atoms with Crippen LogP contribution in [-0.4, -0.2) is 32.2 Å². The van der Waals surface area contributed by atoms with Crippen molar-refractivity contribution in [2.75, 3.05) is 7.11 Å². The lowest BCUT2D eigenvalue weighted by Gasteiger charge is -2.21. The second-order valence-electron chi connectivity index (χ2n) is 3.55. The zero-order chi connectivity index (χ0) is 16.5. The first-order valence-corrected chi connectivity index (χ1v) is 6.35. The third-order valence-corrected chi connectivity index (χ3v) is 3.09. The summed E-state index contributed by atoms with van der Waals surface area (Å²) in [6.07, 6.45) is -7.93. The monoisotopic (exact) mass is 339 g/mol. The Hall–Kier alpha value is -1.56. The van der Waals surface area contributed by atoms with Crippen molar-refractivity contribution in [3.8, 4) is 5.88 Å². The smallest absolute Gasteiger partial charge is 0.481 e. The number of nitrogens with zero attached hydrogens (tertiary/aromatic N) is 1. The van der Waals surface area contributed by atoms with Crippen molar-refractivity contribution in [2.45, 2.75) is 17.8 Å². The van der Waals surface area contributed by atoms with Gasteiger partial charge >= 0.3 is 21.8 Å². The Balaban J connectivity index is 3.26. The molecular formula is C9H7F6NO4S. The van der Waals surface area contributed by atoms with Crippen LogP contribution in [0.1, 0.15) is 11.7 Å². The minimum atomic E-state index is -6.43. The lowest BCUT2D eigenvalue weighted by molar-refractivity contribution is -0.200. The van der Waals surface area contributed by atoms with E-state index in [1.165, 1.54) is 0 Å². The first-order valence-electron chi connectivity index (χ1n) is 4.94. The van der Waals surface area contributed by atoms with Gasteiger partial charge in [0.1, 0.15) is 0 Å². The fourth-order valence-corrected chi connectivity index (χ4v) is 1.76. The van der Waals surface area contributed by atoms with E-state index in [9.17, 15) is 34.8 Å². The van der Waals surface area contributed by atoms with Gasteiger partial charge in [-0.2, -0.15) is 34.8 Å². The molecule has 0 spiro atoms. The average molecular weight is 339 g/mol. The number of rotatable bonds is 4. The number of methoxy groups -OCH3 is 1. The van der Waals surface area contributed by atoms with Crippen molar-refractivity contribution in [3.63, 3.8) is 0 Å². The molecule has 0 fully saturated rings. The van der Waals surface area contributed by atoms with Crippen LogP contribution >= 0.6 is 0 Å². The molecule has 12 heteroatoms. The molecule has 0 aromatic carbocycles. The minimum absolute atomic E-state index is 0.352. The van der Waals surface area contributed by atoms with Gasteiger partial charge in [-0.1, -0.05) is 0 Å². The predicted octanol–water partition coefficient (Wildman–Crippen LogP) is 2.56. The third-order valence-electron chi connectivity index (χ3n) is 2.07. The Kier molecular flexibility index (Phi) is 4.73. The highest BCUT2D eigenvalue weighted by Crippen LogP contribution is 2.40. The predicted molar refractivity (Wildman–Crippen MR) is 55.6 cm³/mol. The molecular weight excluding hydrogens is 332 g/mol. The van der Waals surface area contributed by atoms with E-state index in [0.29, 0.717) is 12.1 Å². The van der Waals surface area contributed by atoms with E-state index in [1.54, 1.807) is 0 Å². The Labute approximate surface area is 114 Å². The average Bonchev–Trinajstić information content (AvgIpc) is 2.33. The SMILES string of the molecule is COc1cc([C@@H](OS(=O)(=O)C(F)(F)F)C(F)(F)F)ccn1. The molecule has 0 saturated heterocycles. The highest BCUT2D eigenvalue weighted by Gasteiger charge is 2.54. The van der Waals surface area contributed by atoms with E-state index >= 15 is 0 Å². The highest BCUT2D eigenvalue weighted by molar-refractivity contribution is 7.87. The topological polar surface area (TPSA) is 65.5 Å². The van der Waals surface area contributed by atoms with Crippen molar-refractivity contribution in [1.29, 1.82) is 0 Å². The standard InChI is InChI=1S/C9H7F6NO4S/c1-19-6-4-5(2-3-16-6)7(8(10,11)12)20-21(17,18)9(13,14)15/h2-4,7H,1H3/t7-/m1/s1. The summed E-state index contributed by atoms with van der Waals surface area (Å²) >= 11 is 0. The first kappa shape index (κ1) is 17.5. The van der Waals surface area contributed by atoms with Crippen LogP contribution in [0.5, 0.6) is 5.88 Å². The Morgan fingerprint density at radius 3 is 2.19 bits per heavy atom. The quantitative estimate of drug-likeness (QED) is 0.479. The summed E-state index contributed by atoms with van der Waals surface area (Å²) < 4.78 is 104. The molecule has 1 heterocycles. The lowest BCUT2D eigenvalue weighted by atomic mass is 10.1. The fourth-order valence-electron chi connectivity index (χ4n) is 1.18. The third kappa shape index (κ3) is 4.20. The Morgan fingerprint density at radius 2 is 1.76 bits per heavy atom. The van der Waals surface area contributed by atoms with Crippen molar-refractivity contribution >= 4 is 10.1 Å². The molecule has 0 amide bonds. The van der Waals surface area contributed by atoms with E-state index in [0.717, 1.165) is 13.3 Å². The van der Waals surface area contributed by atoms with Crippen LogP contribution in [0.3, 0.4) is 0 Å². The van der Waals surface area contributed by atoms with Crippen molar-refractivity contribution in [3.05, 3.63) is 23.9 Å². The number of hydrogen-bond donors (Lipinski definition) is 0. The molecule has 0 N–H and O–H groups in total. The molecule has 0 aliphatic heterocycles. The van der Waals surface area contributed by atoms with Gasteiger partial charge in [0.2, 0.25) is 5.88 Å². The molecule has 1 atom stereocenters. The van der Waals surface area contributed by atoms with Gasteiger partial charge in [-0.15, -0.1) is 0 Å². The number of hydrogen-bond acceptors (Lipinski definition) is 5. The molecule has 0 unspecified atom stereocenters. The number of alkyl halides is 6. The number of pyridine rings is 1. The van der Waals surface area contributed by atoms with Crippen LogP contribution < -0.4 is 4.74 Å². The summed E-state index contributed by atoms with van der Waals surface area (Å²) in [5.41, 5.74) is -6.88. The van der Waals surface area contributed by atoms with Crippen LogP contribution in [0, 0.1) is 0 Å². The summed E-state index contributed by atoms with van der Waals surface area (Å²) in [5.74, 6) is -0.352. The molecule has 5 nitrogen and oxygen atoms in total. The van der Waals surface area contributed by atoms with Gasteiger partial charge in [-0.3, -0.25) is 0 Å². The lowest BCUT2D eigenvalue weighted by Crippen LogP contribution is -2.32. The number of halogens is 6. The van der Waals surface area contributed by atoms with Gasteiger partial charge < -0.3 is 4.74 Å². The zero-order valence-electron chi connectivity index (χ0n) is 10.1. The van der Waals surface area contributed by atoms with Crippen LogP contribution in [0.2, 0.25) is 0 Å². The largest absolute Gasteiger partial charge is 0.523 e. The van der Waals surface area contributed by atoms with Crippen molar-refractivity contribution < 1.29 is 43.7 Å². The van der Waals surface area contributed by atoms with Gasteiger partial charge in [0, 0.05) is 12.3 Å². The summed E-state index contributed by atoms with van der Waals surface area (Å²) in [5, 5.41) is 0. The molecule has 120 valence electrons. The summed E-state index contributed by atoms with van der Waals surface area (Å²) in [4.78, 5) is 3.45. The van der Waals surface area contributed by atoms with E-state index in [1.807, 2.05) is 0 Å². The van der Waals surface area contributed by atoms with E-state index in [4.69, 9.17) is 0 Å². The fraction of sp³-hybridized carbons (Fsp3) is 0.444. The van der Waals surface area contributed by atoms with Gasteiger partial charge in [0.25, 0.3) is 0 Å². The van der Waals surface area contributed by atoms with Gasteiger partial charge in [-0.25, -0.2) is 9.17 Å².